The topological polar surface area (TPSA) is 99.6 Å². The molecule has 11 heteroatoms. The van der Waals surface area contributed by atoms with Crippen molar-refractivity contribution in [2.75, 3.05) is 57.4 Å². The van der Waals surface area contributed by atoms with Crippen molar-refractivity contribution in [3.8, 4) is 0 Å². The SMILES string of the molecule is CCOC(=O)C[C@H]1COCCN1C[C@H]1CN(S(=O)(=O)c2cccs2)CCN1c1ccc(C(C)(C)O)cc1. The van der Waals surface area contributed by atoms with Gasteiger partial charge in [-0.25, -0.2) is 8.42 Å². The molecule has 0 aliphatic carbocycles. The maximum atomic E-state index is 13.4. The zero-order valence-electron chi connectivity index (χ0n) is 21.7. The highest BCUT2D eigenvalue weighted by Gasteiger charge is 2.37. The summed E-state index contributed by atoms with van der Waals surface area (Å²) in [5, 5.41) is 12.1. The van der Waals surface area contributed by atoms with E-state index in [1.54, 1.807) is 42.6 Å². The molecular weight excluding hydrogens is 514 g/mol. The molecule has 204 valence electrons. The Labute approximate surface area is 223 Å². The van der Waals surface area contributed by atoms with Crippen molar-refractivity contribution < 1.29 is 27.8 Å². The molecule has 2 aromatic rings. The van der Waals surface area contributed by atoms with Gasteiger partial charge in [-0.2, -0.15) is 4.31 Å². The number of carbonyl (C=O) groups is 1. The molecule has 0 amide bonds. The number of thiophene rings is 1. The Bertz CT molecular complexity index is 1130. The summed E-state index contributed by atoms with van der Waals surface area (Å²) in [5.74, 6) is -0.257. The van der Waals surface area contributed by atoms with Gasteiger partial charge in [0.05, 0.1) is 37.9 Å². The van der Waals surface area contributed by atoms with Crippen molar-refractivity contribution in [3.63, 3.8) is 0 Å². The fourth-order valence-electron chi connectivity index (χ4n) is 4.94. The number of rotatable bonds is 9. The van der Waals surface area contributed by atoms with Crippen LogP contribution in [0, 0.1) is 0 Å². The Morgan fingerprint density at radius 3 is 2.57 bits per heavy atom. The number of nitrogens with zero attached hydrogens (tertiary/aromatic N) is 3. The monoisotopic (exact) mass is 551 g/mol. The highest BCUT2D eigenvalue weighted by Crippen LogP contribution is 2.29. The summed E-state index contributed by atoms with van der Waals surface area (Å²) in [6, 6.07) is 10.9. The van der Waals surface area contributed by atoms with Gasteiger partial charge in [0, 0.05) is 44.5 Å². The summed E-state index contributed by atoms with van der Waals surface area (Å²) >= 11 is 1.23. The fourth-order valence-corrected chi connectivity index (χ4v) is 7.55. The smallest absolute Gasteiger partial charge is 0.307 e. The number of anilines is 1. The summed E-state index contributed by atoms with van der Waals surface area (Å²) in [7, 11) is -3.59. The van der Waals surface area contributed by atoms with Gasteiger partial charge in [-0.15, -0.1) is 11.3 Å². The van der Waals surface area contributed by atoms with Gasteiger partial charge in [0.1, 0.15) is 4.21 Å². The molecule has 0 unspecified atom stereocenters. The van der Waals surface area contributed by atoms with Gasteiger partial charge in [0.15, 0.2) is 0 Å². The first-order chi connectivity index (χ1) is 17.6. The number of piperazine rings is 1. The summed E-state index contributed by atoms with van der Waals surface area (Å²) < 4.78 is 39.5. The van der Waals surface area contributed by atoms with E-state index in [1.165, 1.54) is 11.3 Å². The zero-order chi connectivity index (χ0) is 26.6. The number of hydrogen-bond acceptors (Lipinski definition) is 9. The molecule has 0 bridgehead atoms. The van der Waals surface area contributed by atoms with Gasteiger partial charge in [-0.3, -0.25) is 9.69 Å². The summed E-state index contributed by atoms with van der Waals surface area (Å²) in [6.07, 6.45) is 0.234. The van der Waals surface area contributed by atoms with Crippen LogP contribution in [0.4, 0.5) is 5.69 Å². The lowest BCUT2D eigenvalue weighted by Gasteiger charge is -2.46. The fraction of sp³-hybridized carbons (Fsp3) is 0.577. The molecule has 2 aliphatic heterocycles. The van der Waals surface area contributed by atoms with Gasteiger partial charge >= 0.3 is 5.97 Å². The molecule has 0 radical (unpaired) electrons. The van der Waals surface area contributed by atoms with Crippen molar-refractivity contribution in [1.82, 2.24) is 9.21 Å². The highest BCUT2D eigenvalue weighted by atomic mass is 32.2. The Morgan fingerprint density at radius 2 is 1.92 bits per heavy atom. The molecule has 37 heavy (non-hydrogen) atoms. The average molecular weight is 552 g/mol. The third-order valence-electron chi connectivity index (χ3n) is 6.94. The molecule has 0 spiro atoms. The van der Waals surface area contributed by atoms with Crippen LogP contribution in [0.5, 0.6) is 0 Å². The number of carbonyl (C=O) groups excluding carboxylic acids is 1. The number of hydrogen-bond donors (Lipinski definition) is 1. The van der Waals surface area contributed by atoms with Gasteiger partial charge in [-0.1, -0.05) is 18.2 Å². The van der Waals surface area contributed by atoms with E-state index in [1.807, 2.05) is 24.3 Å². The maximum absolute atomic E-state index is 13.4. The largest absolute Gasteiger partial charge is 0.466 e. The van der Waals surface area contributed by atoms with E-state index < -0.39 is 15.6 Å². The number of benzene rings is 1. The lowest BCUT2D eigenvalue weighted by atomic mass is 9.98. The van der Waals surface area contributed by atoms with Crippen LogP contribution in [-0.2, 0) is 29.9 Å². The van der Waals surface area contributed by atoms with Crippen LogP contribution >= 0.6 is 11.3 Å². The van der Waals surface area contributed by atoms with Crippen molar-refractivity contribution in [1.29, 1.82) is 0 Å². The van der Waals surface area contributed by atoms with Crippen LogP contribution in [0.2, 0.25) is 0 Å². The lowest BCUT2D eigenvalue weighted by molar-refractivity contribution is -0.146. The Morgan fingerprint density at radius 1 is 1.16 bits per heavy atom. The second-order valence-corrected chi connectivity index (χ2v) is 13.1. The summed E-state index contributed by atoms with van der Waals surface area (Å²) in [5.41, 5.74) is 0.843. The van der Waals surface area contributed by atoms with Crippen LogP contribution < -0.4 is 4.90 Å². The van der Waals surface area contributed by atoms with E-state index in [-0.39, 0.29) is 24.5 Å². The molecule has 2 atom stereocenters. The Balaban J connectivity index is 1.59. The van der Waals surface area contributed by atoms with Gasteiger partial charge in [0.25, 0.3) is 10.0 Å². The van der Waals surface area contributed by atoms with Crippen molar-refractivity contribution >= 4 is 33.0 Å². The predicted octanol–water partition coefficient (Wildman–Crippen LogP) is 2.51. The van der Waals surface area contributed by atoms with Crippen LogP contribution in [0.3, 0.4) is 0 Å². The molecule has 1 N–H and O–H groups in total. The standard InChI is InChI=1S/C26H37N3O6S2/c1-4-35-24(30)16-22-19-34-14-13-27(22)17-23-18-28(37(32,33)25-6-5-15-36-25)11-12-29(23)21-9-7-20(8-10-21)26(2,3)31/h5-10,15,22-23,31H,4,11-14,16-19H2,1-3H3/t22-,23-/m0/s1. The number of ether oxygens (including phenoxy) is 2. The lowest BCUT2D eigenvalue weighted by Crippen LogP contribution is -2.60. The quantitative estimate of drug-likeness (QED) is 0.475. The minimum atomic E-state index is -3.59. The van der Waals surface area contributed by atoms with E-state index >= 15 is 0 Å². The van der Waals surface area contributed by atoms with E-state index in [0.717, 1.165) is 11.3 Å². The Kier molecular flexibility index (Phi) is 8.93. The molecule has 4 rings (SSSR count). The predicted molar refractivity (Wildman–Crippen MR) is 143 cm³/mol. The third-order valence-corrected chi connectivity index (χ3v) is 10.2. The van der Waals surface area contributed by atoms with Gasteiger partial charge in [0.2, 0.25) is 0 Å². The van der Waals surface area contributed by atoms with Gasteiger partial charge < -0.3 is 19.5 Å². The first-order valence-corrected chi connectivity index (χ1v) is 15.0. The van der Waals surface area contributed by atoms with Crippen LogP contribution in [0.15, 0.2) is 46.0 Å². The van der Waals surface area contributed by atoms with E-state index in [4.69, 9.17) is 9.47 Å². The minimum Gasteiger partial charge on any atom is -0.466 e. The third kappa shape index (κ3) is 6.71. The molecule has 9 nitrogen and oxygen atoms in total. The van der Waals surface area contributed by atoms with Crippen LogP contribution in [0.1, 0.15) is 32.8 Å². The molecule has 1 aromatic heterocycles. The Hall–Kier alpha value is -2.02. The number of esters is 1. The molecule has 2 aliphatic rings. The van der Waals surface area contributed by atoms with Crippen LogP contribution in [0.25, 0.3) is 0 Å². The first kappa shape index (κ1) is 28.0. The van der Waals surface area contributed by atoms with Crippen LogP contribution in [-0.4, -0.2) is 93.3 Å². The van der Waals surface area contributed by atoms with E-state index in [9.17, 15) is 18.3 Å². The maximum Gasteiger partial charge on any atom is 0.307 e. The van der Waals surface area contributed by atoms with Crippen molar-refractivity contribution in [2.45, 2.75) is 49.1 Å². The normalized spacial score (nSPS) is 22.2. The minimum absolute atomic E-state index is 0.128. The van der Waals surface area contributed by atoms with E-state index in [2.05, 4.69) is 9.80 Å². The zero-order valence-corrected chi connectivity index (χ0v) is 23.3. The van der Waals surface area contributed by atoms with Gasteiger partial charge in [-0.05, 0) is 49.9 Å². The summed E-state index contributed by atoms with van der Waals surface area (Å²) in [6.45, 7) is 9.09. The second kappa shape index (κ2) is 11.8. The average Bonchev–Trinajstić information content (AvgIpc) is 3.41. The molecule has 1 aromatic carbocycles. The number of aliphatic hydroxyl groups is 1. The molecule has 0 saturated carbocycles. The molecular formula is C26H37N3O6S2. The second-order valence-electron chi connectivity index (χ2n) is 9.98. The molecule has 2 saturated heterocycles. The van der Waals surface area contributed by atoms with Crippen molar-refractivity contribution in [3.05, 3.63) is 47.3 Å². The van der Waals surface area contributed by atoms with Crippen molar-refractivity contribution in [2.24, 2.45) is 0 Å². The molecule has 3 heterocycles. The number of morpholine rings is 1. The van der Waals surface area contributed by atoms with E-state index in [0.29, 0.717) is 56.8 Å². The highest BCUT2D eigenvalue weighted by molar-refractivity contribution is 7.91. The summed E-state index contributed by atoms with van der Waals surface area (Å²) in [4.78, 5) is 16.7. The number of sulfonamides is 1. The molecule has 2 fully saturated rings. The first-order valence-electron chi connectivity index (χ1n) is 12.7.